The van der Waals surface area contributed by atoms with Crippen LogP contribution in [0, 0.1) is 17.3 Å². The van der Waals surface area contributed by atoms with Crippen LogP contribution >= 0.6 is 23.2 Å². The molecule has 1 saturated carbocycles. The van der Waals surface area contributed by atoms with Gasteiger partial charge in [-0.3, -0.25) is 4.79 Å². The number of rotatable bonds is 6. The van der Waals surface area contributed by atoms with Crippen LogP contribution in [0.2, 0.25) is 0 Å². The second-order valence-electron chi connectivity index (χ2n) is 5.88. The smallest absolute Gasteiger partial charge is 0.224 e. The molecule has 1 amide bonds. The SMILES string of the molecule is C[NH+](C)CCCNC(=O)[C@@H]1[C@@H](C=C(Cl)Cl)C1(C)C. The summed E-state index contributed by atoms with van der Waals surface area (Å²) in [5.41, 5.74) is -0.0358. The lowest BCUT2D eigenvalue weighted by atomic mass is 10.1. The zero-order valence-corrected chi connectivity index (χ0v) is 13.0. The lowest BCUT2D eigenvalue weighted by Crippen LogP contribution is -3.05. The van der Waals surface area contributed by atoms with Crippen LogP contribution in [0.25, 0.3) is 0 Å². The molecule has 0 aromatic heterocycles. The topological polar surface area (TPSA) is 33.5 Å². The van der Waals surface area contributed by atoms with Crippen molar-refractivity contribution in [3.05, 3.63) is 10.6 Å². The third kappa shape index (κ3) is 4.15. The molecule has 3 nitrogen and oxygen atoms in total. The van der Waals surface area contributed by atoms with Crippen molar-refractivity contribution in [3.8, 4) is 0 Å². The van der Waals surface area contributed by atoms with Crippen molar-refractivity contribution in [2.75, 3.05) is 27.2 Å². The zero-order valence-electron chi connectivity index (χ0n) is 11.5. The van der Waals surface area contributed by atoms with Crippen molar-refractivity contribution < 1.29 is 9.69 Å². The summed E-state index contributed by atoms with van der Waals surface area (Å²) in [6, 6.07) is 0. The lowest BCUT2D eigenvalue weighted by molar-refractivity contribution is -0.858. The molecule has 2 atom stereocenters. The van der Waals surface area contributed by atoms with E-state index in [1.807, 2.05) is 0 Å². The minimum Gasteiger partial charge on any atom is -0.356 e. The molecule has 0 saturated heterocycles. The van der Waals surface area contributed by atoms with Gasteiger partial charge in [-0.05, 0) is 17.4 Å². The van der Waals surface area contributed by atoms with Crippen molar-refractivity contribution in [3.63, 3.8) is 0 Å². The first-order valence-corrected chi connectivity index (χ1v) is 7.12. The van der Waals surface area contributed by atoms with Gasteiger partial charge in [0.05, 0.1) is 26.6 Å². The first kappa shape index (κ1) is 15.8. The summed E-state index contributed by atoms with van der Waals surface area (Å²) in [7, 11) is 4.21. The van der Waals surface area contributed by atoms with E-state index in [2.05, 4.69) is 33.3 Å². The molecule has 1 rings (SSSR count). The quantitative estimate of drug-likeness (QED) is 0.710. The molecule has 0 spiro atoms. The van der Waals surface area contributed by atoms with E-state index in [0.717, 1.165) is 19.5 Å². The third-order valence-electron chi connectivity index (χ3n) is 3.65. The van der Waals surface area contributed by atoms with Crippen LogP contribution < -0.4 is 10.2 Å². The Labute approximate surface area is 120 Å². The highest BCUT2D eigenvalue weighted by atomic mass is 35.5. The summed E-state index contributed by atoms with van der Waals surface area (Å²) >= 11 is 11.3. The monoisotopic (exact) mass is 293 g/mol. The van der Waals surface area contributed by atoms with Gasteiger partial charge in [0.15, 0.2) is 0 Å². The van der Waals surface area contributed by atoms with Crippen LogP contribution in [0.1, 0.15) is 20.3 Å². The Bertz CT molecular complexity index is 336. The summed E-state index contributed by atoms with van der Waals surface area (Å²) in [6.45, 7) is 5.94. The minimum atomic E-state index is -0.0358. The number of amides is 1. The summed E-state index contributed by atoms with van der Waals surface area (Å²) in [4.78, 5) is 13.4. The van der Waals surface area contributed by atoms with Crippen molar-refractivity contribution in [2.45, 2.75) is 20.3 Å². The van der Waals surface area contributed by atoms with E-state index in [1.54, 1.807) is 6.08 Å². The van der Waals surface area contributed by atoms with Crippen molar-refractivity contribution in [1.82, 2.24) is 5.32 Å². The molecule has 5 heteroatoms. The Morgan fingerprint density at radius 1 is 1.39 bits per heavy atom. The van der Waals surface area contributed by atoms with Crippen LogP contribution in [0.4, 0.5) is 0 Å². The normalized spacial score (nSPS) is 24.8. The summed E-state index contributed by atoms with van der Waals surface area (Å²) < 4.78 is 0.250. The molecule has 0 aromatic rings. The van der Waals surface area contributed by atoms with E-state index in [9.17, 15) is 4.79 Å². The second-order valence-corrected chi connectivity index (χ2v) is 6.89. The van der Waals surface area contributed by atoms with Crippen LogP contribution in [-0.2, 0) is 4.79 Å². The average Bonchev–Trinajstić information content (AvgIpc) is 2.74. The fraction of sp³-hybridized carbons (Fsp3) is 0.769. The standard InChI is InChI=1S/C13H22Cl2N2O/c1-13(2)9(8-10(14)15)11(13)12(18)16-6-5-7-17(3)4/h8-9,11H,5-7H2,1-4H3,(H,16,18)/p+1/t9-,11+/m1/s1. The summed E-state index contributed by atoms with van der Waals surface area (Å²) in [5.74, 6) is 0.267. The van der Waals surface area contributed by atoms with Crippen LogP contribution in [0.5, 0.6) is 0 Å². The minimum absolute atomic E-state index is 0.00305. The Balaban J connectivity index is 2.37. The third-order valence-corrected chi connectivity index (χ3v) is 3.90. The number of carbonyl (C=O) groups is 1. The van der Waals surface area contributed by atoms with Crippen LogP contribution in [0.15, 0.2) is 10.6 Å². The molecule has 0 radical (unpaired) electrons. The van der Waals surface area contributed by atoms with Gasteiger partial charge < -0.3 is 10.2 Å². The molecule has 1 aliphatic rings. The van der Waals surface area contributed by atoms with E-state index in [1.165, 1.54) is 4.90 Å². The van der Waals surface area contributed by atoms with Gasteiger partial charge in [0.1, 0.15) is 4.49 Å². The van der Waals surface area contributed by atoms with Crippen LogP contribution in [0.3, 0.4) is 0 Å². The van der Waals surface area contributed by atoms with E-state index in [0.29, 0.717) is 0 Å². The van der Waals surface area contributed by atoms with Crippen molar-refractivity contribution in [1.29, 1.82) is 0 Å². The Kier molecular flexibility index (Phi) is 5.50. The molecular weight excluding hydrogens is 271 g/mol. The summed E-state index contributed by atoms with van der Waals surface area (Å²) in [5, 5.41) is 2.99. The van der Waals surface area contributed by atoms with Gasteiger partial charge in [-0.15, -0.1) is 0 Å². The van der Waals surface area contributed by atoms with E-state index >= 15 is 0 Å². The van der Waals surface area contributed by atoms with Gasteiger partial charge in [0, 0.05) is 13.0 Å². The fourth-order valence-electron chi connectivity index (χ4n) is 2.39. The lowest BCUT2D eigenvalue weighted by Gasteiger charge is -2.08. The number of hydrogen-bond donors (Lipinski definition) is 2. The molecule has 0 aromatic carbocycles. The summed E-state index contributed by atoms with van der Waals surface area (Å²) in [6.07, 6.45) is 2.77. The largest absolute Gasteiger partial charge is 0.356 e. The van der Waals surface area contributed by atoms with Crippen molar-refractivity contribution >= 4 is 29.1 Å². The van der Waals surface area contributed by atoms with Crippen molar-refractivity contribution in [2.24, 2.45) is 17.3 Å². The van der Waals surface area contributed by atoms with Gasteiger partial charge in [0.25, 0.3) is 0 Å². The zero-order chi connectivity index (χ0) is 13.9. The predicted molar refractivity (Wildman–Crippen MR) is 75.9 cm³/mol. The van der Waals surface area contributed by atoms with E-state index < -0.39 is 0 Å². The van der Waals surface area contributed by atoms with Gasteiger partial charge in [-0.1, -0.05) is 37.0 Å². The molecule has 2 N–H and O–H groups in total. The second kappa shape index (κ2) is 6.27. The highest BCUT2D eigenvalue weighted by molar-refractivity contribution is 6.55. The molecule has 0 unspecified atom stereocenters. The maximum atomic E-state index is 12.0. The molecule has 104 valence electrons. The first-order chi connectivity index (χ1) is 8.26. The molecule has 1 aliphatic carbocycles. The van der Waals surface area contributed by atoms with E-state index in [4.69, 9.17) is 23.2 Å². The fourth-order valence-corrected chi connectivity index (χ4v) is 2.66. The number of hydrogen-bond acceptors (Lipinski definition) is 1. The molecule has 0 bridgehead atoms. The Hall–Kier alpha value is -0.250. The van der Waals surface area contributed by atoms with Gasteiger partial charge in [-0.25, -0.2) is 0 Å². The first-order valence-electron chi connectivity index (χ1n) is 6.36. The molecule has 18 heavy (non-hydrogen) atoms. The van der Waals surface area contributed by atoms with Gasteiger partial charge in [0.2, 0.25) is 5.91 Å². The number of carbonyl (C=O) groups excluding carboxylic acids is 1. The molecule has 0 heterocycles. The molecule has 0 aliphatic heterocycles. The number of halogens is 2. The van der Waals surface area contributed by atoms with Crippen LogP contribution in [-0.4, -0.2) is 33.1 Å². The number of allylic oxidation sites excluding steroid dienone is 1. The average molecular weight is 294 g/mol. The molecule has 1 fully saturated rings. The van der Waals surface area contributed by atoms with E-state index in [-0.39, 0.29) is 27.6 Å². The highest BCUT2D eigenvalue weighted by Gasteiger charge is 2.60. The highest BCUT2D eigenvalue weighted by Crippen LogP contribution is 2.59. The molecular formula is C13H23Cl2N2O+. The van der Waals surface area contributed by atoms with Gasteiger partial charge in [-0.2, -0.15) is 0 Å². The predicted octanol–water partition coefficient (Wildman–Crippen LogP) is 1.23. The number of nitrogens with one attached hydrogen (secondary N) is 2. The Morgan fingerprint density at radius 3 is 2.50 bits per heavy atom. The maximum absolute atomic E-state index is 12.0. The maximum Gasteiger partial charge on any atom is 0.224 e. The number of quaternary nitrogens is 1. The van der Waals surface area contributed by atoms with Gasteiger partial charge >= 0.3 is 0 Å². The Morgan fingerprint density at radius 2 is 2.00 bits per heavy atom.